The molecule has 0 atom stereocenters. The topological polar surface area (TPSA) is 76.3 Å². The van der Waals surface area contributed by atoms with E-state index in [1.54, 1.807) is 0 Å². The van der Waals surface area contributed by atoms with Gasteiger partial charge in [-0.25, -0.2) is 12.8 Å². The number of benzene rings is 1. The number of aromatic nitrogens is 2. The molecule has 26 heavy (non-hydrogen) atoms. The molecule has 1 saturated heterocycles. The van der Waals surface area contributed by atoms with Crippen molar-refractivity contribution < 1.29 is 17.3 Å². The summed E-state index contributed by atoms with van der Waals surface area (Å²) in [5.74, 6) is 0.559. The van der Waals surface area contributed by atoms with Crippen LogP contribution < -0.4 is 0 Å². The molecule has 0 unspecified atom stereocenters. The lowest BCUT2D eigenvalue weighted by Gasteiger charge is -2.29. The van der Waals surface area contributed by atoms with Gasteiger partial charge in [-0.3, -0.25) is 0 Å². The molecule has 0 radical (unpaired) electrons. The Hall–Kier alpha value is -2.10. The largest absolute Gasteiger partial charge is 0.339 e. The van der Waals surface area contributed by atoms with Gasteiger partial charge in [-0.05, 0) is 42.5 Å². The van der Waals surface area contributed by atoms with Crippen molar-refractivity contribution in [1.29, 1.82) is 0 Å². The molecule has 1 fully saturated rings. The smallest absolute Gasteiger partial charge is 0.243 e. The summed E-state index contributed by atoms with van der Waals surface area (Å²) in [6.45, 7) is 0.667. The predicted molar refractivity (Wildman–Crippen MR) is 94.7 cm³/mol. The maximum Gasteiger partial charge on any atom is 0.243 e. The van der Waals surface area contributed by atoms with E-state index < -0.39 is 15.8 Å². The Labute approximate surface area is 154 Å². The van der Waals surface area contributed by atoms with E-state index in [1.807, 2.05) is 17.5 Å². The van der Waals surface area contributed by atoms with Gasteiger partial charge in [0.15, 0.2) is 0 Å². The molecule has 0 bridgehead atoms. The van der Waals surface area contributed by atoms with Crippen molar-refractivity contribution in [3.8, 4) is 10.7 Å². The van der Waals surface area contributed by atoms with Gasteiger partial charge in [0.1, 0.15) is 5.82 Å². The summed E-state index contributed by atoms with van der Waals surface area (Å²) in [5.41, 5.74) is 0. The van der Waals surface area contributed by atoms with E-state index in [4.69, 9.17) is 4.52 Å². The van der Waals surface area contributed by atoms with Crippen molar-refractivity contribution in [2.45, 2.75) is 23.7 Å². The standard InChI is InChI=1S/C17H16FN3O3S2/c18-13-3-1-4-14(11-13)26(22,23)21-8-6-12(7-9-21)17-19-16(20-24-17)15-5-2-10-25-15/h1-5,10-12H,6-9H2. The monoisotopic (exact) mass is 393 g/mol. The van der Waals surface area contributed by atoms with Crippen molar-refractivity contribution >= 4 is 21.4 Å². The van der Waals surface area contributed by atoms with Crippen LogP contribution in [0.4, 0.5) is 4.39 Å². The van der Waals surface area contributed by atoms with E-state index in [-0.39, 0.29) is 10.8 Å². The van der Waals surface area contributed by atoms with Crippen LogP contribution in [-0.4, -0.2) is 36.0 Å². The van der Waals surface area contributed by atoms with Crippen LogP contribution in [0.3, 0.4) is 0 Å². The Morgan fingerprint density at radius 3 is 2.69 bits per heavy atom. The lowest BCUT2D eigenvalue weighted by Crippen LogP contribution is -2.38. The molecule has 3 heterocycles. The van der Waals surface area contributed by atoms with Gasteiger partial charge in [-0.2, -0.15) is 9.29 Å². The third-order valence-electron chi connectivity index (χ3n) is 4.42. The Morgan fingerprint density at radius 2 is 2.00 bits per heavy atom. The molecule has 1 aromatic carbocycles. The number of rotatable bonds is 4. The van der Waals surface area contributed by atoms with E-state index in [2.05, 4.69) is 10.1 Å². The molecule has 0 amide bonds. The molecule has 1 aliphatic rings. The lowest BCUT2D eigenvalue weighted by atomic mass is 9.98. The van der Waals surface area contributed by atoms with E-state index in [0.29, 0.717) is 37.6 Å². The zero-order valence-electron chi connectivity index (χ0n) is 13.7. The first-order chi connectivity index (χ1) is 12.5. The lowest BCUT2D eigenvalue weighted by molar-refractivity contribution is 0.270. The second-order valence-electron chi connectivity index (χ2n) is 6.07. The quantitative estimate of drug-likeness (QED) is 0.678. The zero-order valence-corrected chi connectivity index (χ0v) is 15.3. The highest BCUT2D eigenvalue weighted by Gasteiger charge is 2.32. The molecular formula is C17H16FN3O3S2. The molecule has 0 saturated carbocycles. The van der Waals surface area contributed by atoms with Gasteiger partial charge in [0.2, 0.25) is 21.7 Å². The molecule has 9 heteroatoms. The summed E-state index contributed by atoms with van der Waals surface area (Å²) in [6.07, 6.45) is 1.17. The van der Waals surface area contributed by atoms with Crippen LogP contribution in [0, 0.1) is 5.82 Å². The van der Waals surface area contributed by atoms with Crippen LogP contribution in [0.25, 0.3) is 10.7 Å². The first-order valence-electron chi connectivity index (χ1n) is 8.17. The van der Waals surface area contributed by atoms with Gasteiger partial charge < -0.3 is 4.52 Å². The minimum Gasteiger partial charge on any atom is -0.339 e. The third-order valence-corrected chi connectivity index (χ3v) is 7.18. The third kappa shape index (κ3) is 3.29. The average molecular weight is 393 g/mol. The van der Waals surface area contributed by atoms with Crippen LogP contribution in [0.2, 0.25) is 0 Å². The number of nitrogens with zero attached hydrogens (tertiary/aromatic N) is 3. The number of hydrogen-bond donors (Lipinski definition) is 0. The fraction of sp³-hybridized carbons (Fsp3) is 0.294. The van der Waals surface area contributed by atoms with Crippen molar-refractivity contribution in [3.63, 3.8) is 0 Å². The Kier molecular flexibility index (Phi) is 4.60. The van der Waals surface area contributed by atoms with Crippen LogP contribution in [0.5, 0.6) is 0 Å². The van der Waals surface area contributed by atoms with E-state index >= 15 is 0 Å². The maximum atomic E-state index is 13.4. The summed E-state index contributed by atoms with van der Waals surface area (Å²) < 4.78 is 45.4. The highest BCUT2D eigenvalue weighted by molar-refractivity contribution is 7.89. The number of piperidine rings is 1. The average Bonchev–Trinajstić information content (AvgIpc) is 3.33. The SMILES string of the molecule is O=S(=O)(c1cccc(F)c1)N1CCC(c2nc(-c3cccs3)no2)CC1. The number of thiophene rings is 1. The highest BCUT2D eigenvalue weighted by atomic mass is 32.2. The minimum atomic E-state index is -3.69. The molecule has 4 rings (SSSR count). The first kappa shape index (κ1) is 17.3. The van der Waals surface area contributed by atoms with Gasteiger partial charge >= 0.3 is 0 Å². The molecule has 0 N–H and O–H groups in total. The summed E-state index contributed by atoms with van der Waals surface area (Å²) in [6, 6.07) is 8.94. The molecule has 136 valence electrons. The zero-order chi connectivity index (χ0) is 18.1. The second kappa shape index (κ2) is 6.90. The molecule has 6 nitrogen and oxygen atoms in total. The van der Waals surface area contributed by atoms with Crippen LogP contribution in [0.15, 0.2) is 51.2 Å². The summed E-state index contributed by atoms with van der Waals surface area (Å²) >= 11 is 1.54. The number of sulfonamides is 1. The Morgan fingerprint density at radius 1 is 1.19 bits per heavy atom. The molecule has 0 aliphatic carbocycles. The Balaban J connectivity index is 1.46. The maximum absolute atomic E-state index is 13.4. The first-order valence-corrected chi connectivity index (χ1v) is 10.5. The van der Waals surface area contributed by atoms with Crippen LogP contribution in [0.1, 0.15) is 24.7 Å². The molecule has 2 aromatic heterocycles. The van der Waals surface area contributed by atoms with Crippen molar-refractivity contribution in [2.24, 2.45) is 0 Å². The number of hydrogen-bond acceptors (Lipinski definition) is 6. The van der Waals surface area contributed by atoms with Gasteiger partial charge in [-0.1, -0.05) is 17.3 Å². The van der Waals surface area contributed by atoms with Crippen molar-refractivity contribution in [1.82, 2.24) is 14.4 Å². The Bertz CT molecular complexity index is 994. The summed E-state index contributed by atoms with van der Waals surface area (Å²) in [5, 5.41) is 5.96. The van der Waals surface area contributed by atoms with Gasteiger partial charge in [0.25, 0.3) is 0 Å². The molecular weight excluding hydrogens is 377 g/mol. The summed E-state index contributed by atoms with van der Waals surface area (Å²) in [7, 11) is -3.69. The fourth-order valence-corrected chi connectivity index (χ4v) is 5.18. The van der Waals surface area contributed by atoms with Gasteiger partial charge in [0.05, 0.1) is 9.77 Å². The molecule has 3 aromatic rings. The molecule has 1 aliphatic heterocycles. The fourth-order valence-electron chi connectivity index (χ4n) is 3.03. The van der Waals surface area contributed by atoms with Crippen molar-refractivity contribution in [3.05, 3.63) is 53.5 Å². The van der Waals surface area contributed by atoms with E-state index in [1.165, 1.54) is 33.8 Å². The van der Waals surface area contributed by atoms with E-state index in [0.717, 1.165) is 10.9 Å². The van der Waals surface area contributed by atoms with Crippen LogP contribution >= 0.6 is 11.3 Å². The van der Waals surface area contributed by atoms with E-state index in [9.17, 15) is 12.8 Å². The summed E-state index contributed by atoms with van der Waals surface area (Å²) in [4.78, 5) is 5.36. The van der Waals surface area contributed by atoms with Gasteiger partial charge in [0, 0.05) is 19.0 Å². The molecule has 0 spiro atoms. The predicted octanol–water partition coefficient (Wildman–Crippen LogP) is 3.51. The van der Waals surface area contributed by atoms with Crippen LogP contribution in [-0.2, 0) is 10.0 Å². The van der Waals surface area contributed by atoms with Crippen molar-refractivity contribution in [2.75, 3.05) is 13.1 Å². The normalized spacial score (nSPS) is 16.8. The van der Waals surface area contributed by atoms with Gasteiger partial charge in [-0.15, -0.1) is 11.3 Å². The second-order valence-corrected chi connectivity index (χ2v) is 8.95. The minimum absolute atomic E-state index is 0.0197. The highest BCUT2D eigenvalue weighted by Crippen LogP contribution is 2.31. The number of halogens is 1.